The molecule has 0 fully saturated rings. The lowest BCUT2D eigenvalue weighted by Gasteiger charge is -1.99. The second kappa shape index (κ2) is 3.90. The van der Waals surface area contributed by atoms with Crippen molar-refractivity contribution in [3.05, 3.63) is 34.2 Å². The maximum atomic E-state index is 13.4. The van der Waals surface area contributed by atoms with E-state index in [9.17, 15) is 9.18 Å². The molecule has 0 radical (unpaired) electrons. The van der Waals surface area contributed by atoms with E-state index < -0.39 is 5.97 Å². The maximum Gasteiger partial charge on any atom is 0.307 e. The molecule has 16 heavy (non-hydrogen) atoms. The van der Waals surface area contributed by atoms with Crippen LogP contribution in [0.25, 0.3) is 10.9 Å². The summed E-state index contributed by atoms with van der Waals surface area (Å²) >= 11 is 3.11. The van der Waals surface area contributed by atoms with Gasteiger partial charge < -0.3 is 9.67 Å². The number of fused-ring (bicyclic) bond motifs is 1. The Bertz CT molecular complexity index is 577. The summed E-state index contributed by atoms with van der Waals surface area (Å²) in [6, 6.07) is 3.01. The largest absolute Gasteiger partial charge is 0.481 e. The normalized spacial score (nSPS) is 10.9. The third-order valence-electron chi connectivity index (χ3n) is 2.46. The van der Waals surface area contributed by atoms with E-state index in [1.165, 1.54) is 6.07 Å². The molecule has 5 heteroatoms. The molecule has 2 aromatic rings. The average molecular weight is 286 g/mol. The summed E-state index contributed by atoms with van der Waals surface area (Å²) in [5.41, 5.74) is 1.43. The number of aryl methyl sites for hydroxylation is 1. The van der Waals surface area contributed by atoms with Crippen molar-refractivity contribution in [1.29, 1.82) is 0 Å². The van der Waals surface area contributed by atoms with E-state index in [0.29, 0.717) is 15.4 Å². The molecule has 0 aliphatic rings. The van der Waals surface area contributed by atoms with Crippen LogP contribution in [0.5, 0.6) is 0 Å². The summed E-state index contributed by atoms with van der Waals surface area (Å²) < 4.78 is 15.5. The molecule has 0 amide bonds. The Morgan fingerprint density at radius 1 is 1.56 bits per heavy atom. The van der Waals surface area contributed by atoms with Crippen molar-refractivity contribution < 1.29 is 14.3 Å². The quantitative estimate of drug-likeness (QED) is 0.922. The molecule has 3 nitrogen and oxygen atoms in total. The van der Waals surface area contributed by atoms with Gasteiger partial charge in [-0.25, -0.2) is 4.39 Å². The number of hydrogen-bond acceptors (Lipinski definition) is 1. The van der Waals surface area contributed by atoms with E-state index in [1.54, 1.807) is 23.9 Å². The van der Waals surface area contributed by atoms with Crippen LogP contribution in [-0.2, 0) is 18.3 Å². The Balaban J connectivity index is 2.68. The summed E-state index contributed by atoms with van der Waals surface area (Å²) in [6.45, 7) is 0. The van der Waals surface area contributed by atoms with Gasteiger partial charge in [-0.15, -0.1) is 0 Å². The van der Waals surface area contributed by atoms with Gasteiger partial charge in [0.05, 0.1) is 10.9 Å². The van der Waals surface area contributed by atoms with E-state index in [1.807, 2.05) is 0 Å². The molecule has 1 heterocycles. The van der Waals surface area contributed by atoms with E-state index in [4.69, 9.17) is 5.11 Å². The maximum absolute atomic E-state index is 13.4. The number of carbonyl (C=O) groups is 1. The van der Waals surface area contributed by atoms with Crippen LogP contribution in [0.1, 0.15) is 5.56 Å². The second-order valence-corrected chi connectivity index (χ2v) is 4.47. The molecule has 0 aliphatic heterocycles. The fourth-order valence-corrected chi connectivity index (χ4v) is 2.09. The topological polar surface area (TPSA) is 42.2 Å². The van der Waals surface area contributed by atoms with E-state index in [0.717, 1.165) is 5.52 Å². The molecule has 0 bridgehead atoms. The van der Waals surface area contributed by atoms with Crippen LogP contribution in [0.2, 0.25) is 0 Å². The minimum atomic E-state index is -0.921. The minimum absolute atomic E-state index is 0.0988. The molecule has 0 atom stereocenters. The van der Waals surface area contributed by atoms with Gasteiger partial charge in [-0.2, -0.15) is 0 Å². The molecule has 0 aliphatic carbocycles. The van der Waals surface area contributed by atoms with Crippen LogP contribution in [0.15, 0.2) is 22.8 Å². The van der Waals surface area contributed by atoms with E-state index >= 15 is 0 Å². The van der Waals surface area contributed by atoms with Crippen molar-refractivity contribution in [1.82, 2.24) is 4.57 Å². The number of carboxylic acids is 1. The van der Waals surface area contributed by atoms with E-state index in [-0.39, 0.29) is 12.2 Å². The monoisotopic (exact) mass is 285 g/mol. The van der Waals surface area contributed by atoms with Gasteiger partial charge in [0.2, 0.25) is 0 Å². The molecule has 2 rings (SSSR count). The van der Waals surface area contributed by atoms with Crippen LogP contribution < -0.4 is 0 Å². The number of aliphatic carboxylic acids is 1. The van der Waals surface area contributed by atoms with Crippen LogP contribution >= 0.6 is 15.9 Å². The average Bonchev–Trinajstić information content (AvgIpc) is 2.44. The fourth-order valence-electron chi connectivity index (χ4n) is 1.76. The first-order valence-electron chi connectivity index (χ1n) is 4.64. The smallest absolute Gasteiger partial charge is 0.307 e. The molecule has 1 N–H and O–H groups in total. The molecule has 0 saturated heterocycles. The summed E-state index contributed by atoms with van der Waals surface area (Å²) in [7, 11) is 1.80. The van der Waals surface area contributed by atoms with Gasteiger partial charge >= 0.3 is 5.97 Å². The molecular formula is C11H9BrFNO2. The molecule has 0 spiro atoms. The Kier molecular flexibility index (Phi) is 2.71. The third kappa shape index (κ3) is 1.82. The van der Waals surface area contributed by atoms with Gasteiger partial charge in [0.25, 0.3) is 0 Å². The highest BCUT2D eigenvalue weighted by Gasteiger charge is 2.12. The Morgan fingerprint density at radius 3 is 2.88 bits per heavy atom. The number of rotatable bonds is 2. The predicted molar refractivity (Wildman–Crippen MR) is 61.9 cm³/mol. The summed E-state index contributed by atoms with van der Waals surface area (Å²) in [4.78, 5) is 10.7. The van der Waals surface area contributed by atoms with Gasteiger partial charge in [0, 0.05) is 24.1 Å². The standard InChI is InChI=1S/C11H9BrFNO2/c1-14-5-6(2-11(15)16)7-3-9(13)8(12)4-10(7)14/h3-5H,2H2,1H3,(H,15,16). The fraction of sp³-hybridized carbons (Fsp3) is 0.182. The highest BCUT2D eigenvalue weighted by molar-refractivity contribution is 9.10. The first-order chi connectivity index (χ1) is 7.49. The SMILES string of the molecule is Cn1cc(CC(=O)O)c2cc(F)c(Br)cc21. The summed E-state index contributed by atoms with van der Waals surface area (Å²) in [6.07, 6.45) is 1.61. The molecule has 0 unspecified atom stereocenters. The van der Waals surface area contributed by atoms with Crippen molar-refractivity contribution in [2.24, 2.45) is 7.05 Å². The lowest BCUT2D eigenvalue weighted by atomic mass is 10.1. The number of hydrogen-bond donors (Lipinski definition) is 1. The third-order valence-corrected chi connectivity index (χ3v) is 3.06. The zero-order chi connectivity index (χ0) is 11.9. The number of nitrogens with zero attached hydrogens (tertiary/aromatic N) is 1. The summed E-state index contributed by atoms with van der Waals surface area (Å²) in [5.74, 6) is -1.30. The lowest BCUT2D eigenvalue weighted by Crippen LogP contribution is -1.99. The highest BCUT2D eigenvalue weighted by Crippen LogP contribution is 2.27. The first kappa shape index (κ1) is 11.1. The Morgan fingerprint density at radius 2 is 2.25 bits per heavy atom. The molecule has 84 valence electrons. The lowest BCUT2D eigenvalue weighted by molar-refractivity contribution is -0.136. The zero-order valence-corrected chi connectivity index (χ0v) is 10.1. The Hall–Kier alpha value is -1.36. The minimum Gasteiger partial charge on any atom is -0.481 e. The van der Waals surface area contributed by atoms with Crippen molar-refractivity contribution in [3.63, 3.8) is 0 Å². The van der Waals surface area contributed by atoms with Gasteiger partial charge in [0.1, 0.15) is 5.82 Å². The number of benzene rings is 1. The van der Waals surface area contributed by atoms with Crippen molar-refractivity contribution in [2.45, 2.75) is 6.42 Å². The summed E-state index contributed by atoms with van der Waals surface area (Å²) in [5, 5.41) is 9.39. The molecular weight excluding hydrogens is 277 g/mol. The number of carboxylic acid groups (broad SMARTS) is 1. The number of aromatic nitrogens is 1. The Labute approximate surface area is 99.6 Å². The predicted octanol–water partition coefficient (Wildman–Crippen LogP) is 2.71. The van der Waals surface area contributed by atoms with Crippen LogP contribution in [-0.4, -0.2) is 15.6 Å². The van der Waals surface area contributed by atoms with Gasteiger partial charge in [-0.3, -0.25) is 4.79 Å². The molecule has 1 aromatic carbocycles. The van der Waals surface area contributed by atoms with Gasteiger partial charge in [-0.05, 0) is 33.6 Å². The van der Waals surface area contributed by atoms with Crippen LogP contribution in [0, 0.1) is 5.82 Å². The second-order valence-electron chi connectivity index (χ2n) is 3.62. The molecule has 1 aromatic heterocycles. The van der Waals surface area contributed by atoms with Crippen molar-refractivity contribution >= 4 is 32.8 Å². The zero-order valence-electron chi connectivity index (χ0n) is 8.50. The van der Waals surface area contributed by atoms with Crippen molar-refractivity contribution in [2.75, 3.05) is 0 Å². The van der Waals surface area contributed by atoms with E-state index in [2.05, 4.69) is 15.9 Å². The van der Waals surface area contributed by atoms with Crippen LogP contribution in [0.3, 0.4) is 0 Å². The first-order valence-corrected chi connectivity index (χ1v) is 5.43. The molecule has 0 saturated carbocycles. The highest BCUT2D eigenvalue weighted by atomic mass is 79.9. The van der Waals surface area contributed by atoms with Crippen molar-refractivity contribution in [3.8, 4) is 0 Å². The van der Waals surface area contributed by atoms with Crippen LogP contribution in [0.4, 0.5) is 4.39 Å². The van der Waals surface area contributed by atoms with Gasteiger partial charge in [-0.1, -0.05) is 0 Å². The number of halogens is 2. The van der Waals surface area contributed by atoms with Gasteiger partial charge in [0.15, 0.2) is 0 Å².